The predicted octanol–water partition coefficient (Wildman–Crippen LogP) is 3.16. The van der Waals surface area contributed by atoms with E-state index < -0.39 is 11.7 Å². The number of nitrogens with two attached hydrogens (primary N) is 1. The lowest BCUT2D eigenvalue weighted by molar-refractivity contribution is -0.137. The van der Waals surface area contributed by atoms with Crippen LogP contribution in [0.4, 0.5) is 13.2 Å². The number of benzene rings is 1. The lowest BCUT2D eigenvalue weighted by Crippen LogP contribution is -2.17. The summed E-state index contributed by atoms with van der Waals surface area (Å²) < 4.78 is 37.0. The van der Waals surface area contributed by atoms with Crippen molar-refractivity contribution in [2.75, 3.05) is 0 Å². The molecule has 2 N–H and O–H groups in total. The minimum absolute atomic E-state index is 0.118. The molecule has 0 heterocycles. The zero-order valence-electron chi connectivity index (χ0n) is 8.96. The van der Waals surface area contributed by atoms with E-state index in [0.717, 1.165) is 24.1 Å². The number of rotatable bonds is 2. The number of alkyl halides is 3. The summed E-state index contributed by atoms with van der Waals surface area (Å²) >= 11 is 0. The van der Waals surface area contributed by atoms with Gasteiger partial charge < -0.3 is 5.73 Å². The Morgan fingerprint density at radius 2 is 1.81 bits per heavy atom. The molecular weight excluding hydrogens is 215 g/mol. The Balaban J connectivity index is 2.10. The summed E-state index contributed by atoms with van der Waals surface area (Å²) in [7, 11) is 0. The molecule has 2 rings (SSSR count). The average Bonchev–Trinajstić information content (AvgIpc) is 2.96. The molecule has 0 radical (unpaired) electrons. The molecule has 0 aliphatic heterocycles. The summed E-state index contributed by atoms with van der Waals surface area (Å²) in [6, 6.07) is 5.54. The van der Waals surface area contributed by atoms with E-state index in [9.17, 15) is 13.2 Å². The highest BCUT2D eigenvalue weighted by Gasteiger charge is 2.41. The largest absolute Gasteiger partial charge is 0.416 e. The van der Waals surface area contributed by atoms with Crippen LogP contribution in [0.3, 0.4) is 0 Å². The van der Waals surface area contributed by atoms with Crippen molar-refractivity contribution in [1.82, 2.24) is 0 Å². The lowest BCUT2D eigenvalue weighted by Gasteiger charge is -2.08. The molecule has 4 heteroatoms. The van der Waals surface area contributed by atoms with Crippen LogP contribution in [0.25, 0.3) is 0 Å². The molecule has 16 heavy (non-hydrogen) atoms. The van der Waals surface area contributed by atoms with Crippen LogP contribution in [0, 0.1) is 5.92 Å². The van der Waals surface area contributed by atoms with Gasteiger partial charge in [-0.15, -0.1) is 0 Å². The second-order valence-electron chi connectivity index (χ2n) is 4.48. The van der Waals surface area contributed by atoms with E-state index in [1.807, 2.05) is 6.92 Å². The van der Waals surface area contributed by atoms with Crippen LogP contribution in [0.5, 0.6) is 0 Å². The van der Waals surface area contributed by atoms with Gasteiger partial charge in [-0.05, 0) is 42.9 Å². The predicted molar refractivity (Wildman–Crippen MR) is 55.9 cm³/mol. The van der Waals surface area contributed by atoms with Crippen LogP contribution < -0.4 is 5.73 Å². The average molecular weight is 229 g/mol. The molecule has 0 amide bonds. The van der Waals surface area contributed by atoms with E-state index in [2.05, 4.69) is 0 Å². The minimum atomic E-state index is -4.25. The van der Waals surface area contributed by atoms with Crippen LogP contribution in [0.1, 0.15) is 30.4 Å². The van der Waals surface area contributed by atoms with Crippen LogP contribution >= 0.6 is 0 Å². The molecule has 1 fully saturated rings. The molecule has 0 aromatic heterocycles. The maximum atomic E-state index is 12.3. The van der Waals surface area contributed by atoms with Gasteiger partial charge in [0.1, 0.15) is 0 Å². The normalized spacial score (nSPS) is 26.6. The zero-order chi connectivity index (χ0) is 11.9. The van der Waals surface area contributed by atoms with E-state index in [1.165, 1.54) is 0 Å². The molecule has 1 saturated carbocycles. The van der Waals surface area contributed by atoms with Gasteiger partial charge >= 0.3 is 6.18 Å². The Bertz CT molecular complexity index is 367. The lowest BCUT2D eigenvalue weighted by atomic mass is 10.0. The third-order valence-electron chi connectivity index (χ3n) is 3.18. The van der Waals surface area contributed by atoms with Crippen molar-refractivity contribution in [3.8, 4) is 0 Å². The maximum absolute atomic E-state index is 12.3. The fraction of sp³-hybridized carbons (Fsp3) is 0.500. The van der Waals surface area contributed by atoms with E-state index >= 15 is 0 Å². The molecule has 1 nitrogen and oxygen atoms in total. The number of halogens is 3. The third kappa shape index (κ3) is 2.21. The van der Waals surface area contributed by atoms with E-state index in [0.29, 0.717) is 11.8 Å². The molecular formula is C12H14F3N. The molecule has 3 unspecified atom stereocenters. The van der Waals surface area contributed by atoms with Crippen LogP contribution in [0.2, 0.25) is 0 Å². The summed E-state index contributed by atoms with van der Waals surface area (Å²) in [6.45, 7) is 1.94. The molecule has 0 bridgehead atoms. The van der Waals surface area contributed by atoms with Crippen molar-refractivity contribution in [3.05, 3.63) is 35.4 Å². The smallest absolute Gasteiger partial charge is 0.328 e. The first-order valence-corrected chi connectivity index (χ1v) is 5.32. The van der Waals surface area contributed by atoms with Crippen LogP contribution in [0.15, 0.2) is 24.3 Å². The highest BCUT2D eigenvalue weighted by molar-refractivity contribution is 5.31. The van der Waals surface area contributed by atoms with Gasteiger partial charge in [0.25, 0.3) is 0 Å². The summed E-state index contributed by atoms with van der Waals surface area (Å²) in [4.78, 5) is 0. The minimum Gasteiger partial charge on any atom is -0.328 e. The molecule has 1 aromatic rings. The number of hydrogen-bond acceptors (Lipinski definition) is 1. The van der Waals surface area contributed by atoms with Crippen molar-refractivity contribution in [1.29, 1.82) is 0 Å². The highest BCUT2D eigenvalue weighted by Crippen LogP contribution is 2.49. The van der Waals surface area contributed by atoms with Crippen LogP contribution in [-0.4, -0.2) is 6.04 Å². The summed E-state index contributed by atoms with van der Waals surface area (Å²) in [5, 5.41) is 0. The monoisotopic (exact) mass is 229 g/mol. The Kier molecular flexibility index (Phi) is 2.70. The first-order valence-electron chi connectivity index (χ1n) is 5.32. The second kappa shape index (κ2) is 3.77. The molecule has 1 aliphatic rings. The Morgan fingerprint density at radius 3 is 2.19 bits per heavy atom. The van der Waals surface area contributed by atoms with E-state index in [1.54, 1.807) is 12.1 Å². The molecule has 3 atom stereocenters. The molecule has 1 aromatic carbocycles. The summed E-state index contributed by atoms with van der Waals surface area (Å²) in [6.07, 6.45) is -3.26. The van der Waals surface area contributed by atoms with Crippen molar-refractivity contribution in [2.24, 2.45) is 11.7 Å². The van der Waals surface area contributed by atoms with Crippen LogP contribution in [-0.2, 0) is 6.18 Å². The number of hydrogen-bond donors (Lipinski definition) is 1. The van der Waals surface area contributed by atoms with Gasteiger partial charge in [0.05, 0.1) is 5.56 Å². The summed E-state index contributed by atoms with van der Waals surface area (Å²) in [5.74, 6) is 0.777. The van der Waals surface area contributed by atoms with Gasteiger partial charge in [0.2, 0.25) is 0 Å². The Labute approximate surface area is 92.5 Å². The first-order chi connectivity index (χ1) is 7.39. The Morgan fingerprint density at radius 1 is 1.25 bits per heavy atom. The van der Waals surface area contributed by atoms with E-state index in [4.69, 9.17) is 5.73 Å². The van der Waals surface area contributed by atoms with E-state index in [-0.39, 0.29) is 6.04 Å². The first kappa shape index (κ1) is 11.5. The SMILES string of the molecule is CC(N)C1CC1c1ccc(C(F)(F)F)cc1. The Hall–Kier alpha value is -1.03. The summed E-state index contributed by atoms with van der Waals surface area (Å²) in [5.41, 5.74) is 6.12. The highest BCUT2D eigenvalue weighted by atomic mass is 19.4. The van der Waals surface area contributed by atoms with Gasteiger partial charge in [-0.25, -0.2) is 0 Å². The molecule has 0 spiro atoms. The van der Waals surface area contributed by atoms with Crippen molar-refractivity contribution in [3.63, 3.8) is 0 Å². The molecule has 88 valence electrons. The molecule has 1 aliphatic carbocycles. The van der Waals surface area contributed by atoms with Crippen molar-refractivity contribution < 1.29 is 13.2 Å². The van der Waals surface area contributed by atoms with Crippen molar-refractivity contribution >= 4 is 0 Å². The van der Waals surface area contributed by atoms with Gasteiger partial charge in [-0.3, -0.25) is 0 Å². The second-order valence-corrected chi connectivity index (χ2v) is 4.48. The van der Waals surface area contributed by atoms with Gasteiger partial charge in [-0.1, -0.05) is 12.1 Å². The fourth-order valence-electron chi connectivity index (χ4n) is 2.10. The topological polar surface area (TPSA) is 26.0 Å². The standard InChI is InChI=1S/C12H14F3N/c1-7(16)10-6-11(10)8-2-4-9(5-3-8)12(13,14)15/h2-5,7,10-11H,6,16H2,1H3. The zero-order valence-corrected chi connectivity index (χ0v) is 8.96. The quantitative estimate of drug-likeness (QED) is 0.828. The van der Waals surface area contributed by atoms with Gasteiger partial charge in [-0.2, -0.15) is 13.2 Å². The molecule has 0 saturated heterocycles. The van der Waals surface area contributed by atoms with Crippen molar-refractivity contribution in [2.45, 2.75) is 31.5 Å². The third-order valence-corrected chi connectivity index (χ3v) is 3.18. The maximum Gasteiger partial charge on any atom is 0.416 e. The van der Waals surface area contributed by atoms with Gasteiger partial charge in [0, 0.05) is 6.04 Å². The fourth-order valence-corrected chi connectivity index (χ4v) is 2.10. The van der Waals surface area contributed by atoms with Gasteiger partial charge in [0.15, 0.2) is 0 Å².